The van der Waals surface area contributed by atoms with E-state index in [1.807, 2.05) is 19.1 Å². The van der Waals surface area contributed by atoms with Gasteiger partial charge in [-0.3, -0.25) is 4.89 Å². The summed E-state index contributed by atoms with van der Waals surface area (Å²) in [5, 5.41) is 0. The average molecular weight is 250 g/mol. The standard InChI is InChI=1S/C14H18O4/c1-5-17-18-14(15)9-11-6-7-12(10(2)3)13(8-11)16-4/h6-8H,2,5,9H2,1,3-4H3. The number of allylic oxidation sites excluding steroid dienone is 1. The van der Waals surface area contributed by atoms with Crippen molar-refractivity contribution in [3.8, 4) is 5.75 Å². The number of rotatable bonds is 6. The molecule has 0 unspecified atom stereocenters. The summed E-state index contributed by atoms with van der Waals surface area (Å²) in [6.07, 6.45) is 0.146. The Morgan fingerprint density at radius 2 is 2.11 bits per heavy atom. The zero-order valence-corrected chi connectivity index (χ0v) is 11.0. The number of carbonyl (C=O) groups is 1. The van der Waals surface area contributed by atoms with Gasteiger partial charge in [0, 0.05) is 5.56 Å². The molecule has 0 saturated heterocycles. The highest BCUT2D eigenvalue weighted by Crippen LogP contribution is 2.26. The molecule has 0 aromatic heterocycles. The first kappa shape index (κ1) is 14.3. The molecular weight excluding hydrogens is 232 g/mol. The summed E-state index contributed by atoms with van der Waals surface area (Å²) < 4.78 is 5.27. The molecule has 0 bridgehead atoms. The fraction of sp³-hybridized carbons (Fsp3) is 0.357. The van der Waals surface area contributed by atoms with Gasteiger partial charge in [0.05, 0.1) is 20.1 Å². The molecule has 1 aromatic carbocycles. The molecule has 0 saturated carbocycles. The number of carbonyl (C=O) groups excluding carboxylic acids is 1. The van der Waals surface area contributed by atoms with Crippen LogP contribution in [0.15, 0.2) is 24.8 Å². The van der Waals surface area contributed by atoms with E-state index in [0.717, 1.165) is 16.7 Å². The van der Waals surface area contributed by atoms with Crippen molar-refractivity contribution < 1.29 is 19.3 Å². The van der Waals surface area contributed by atoms with Crippen LogP contribution in [0.1, 0.15) is 25.0 Å². The van der Waals surface area contributed by atoms with Gasteiger partial charge < -0.3 is 4.74 Å². The third-order valence-electron chi connectivity index (χ3n) is 2.34. The fourth-order valence-electron chi connectivity index (χ4n) is 1.52. The summed E-state index contributed by atoms with van der Waals surface area (Å²) >= 11 is 0. The molecule has 0 radical (unpaired) electrons. The molecular formula is C14H18O4. The Labute approximate surface area is 107 Å². The smallest absolute Gasteiger partial charge is 0.346 e. The van der Waals surface area contributed by atoms with Crippen LogP contribution < -0.4 is 4.74 Å². The molecule has 0 atom stereocenters. The van der Waals surface area contributed by atoms with E-state index in [-0.39, 0.29) is 6.42 Å². The van der Waals surface area contributed by atoms with E-state index < -0.39 is 5.97 Å². The van der Waals surface area contributed by atoms with E-state index >= 15 is 0 Å². The van der Waals surface area contributed by atoms with Crippen molar-refractivity contribution in [1.29, 1.82) is 0 Å². The van der Waals surface area contributed by atoms with Crippen LogP contribution in [0.2, 0.25) is 0 Å². The van der Waals surface area contributed by atoms with Gasteiger partial charge in [-0.05, 0) is 31.1 Å². The van der Waals surface area contributed by atoms with Gasteiger partial charge >= 0.3 is 5.97 Å². The maximum atomic E-state index is 11.4. The molecule has 0 spiro atoms. The van der Waals surface area contributed by atoms with Crippen LogP contribution in [-0.4, -0.2) is 19.7 Å². The van der Waals surface area contributed by atoms with E-state index in [0.29, 0.717) is 12.4 Å². The second-order valence-corrected chi connectivity index (χ2v) is 3.85. The largest absolute Gasteiger partial charge is 0.496 e. The predicted molar refractivity (Wildman–Crippen MR) is 69.1 cm³/mol. The van der Waals surface area contributed by atoms with Gasteiger partial charge in [0.2, 0.25) is 0 Å². The number of methoxy groups -OCH3 is 1. The lowest BCUT2D eigenvalue weighted by Gasteiger charge is -2.10. The first-order valence-corrected chi connectivity index (χ1v) is 5.73. The van der Waals surface area contributed by atoms with Gasteiger partial charge in [-0.25, -0.2) is 4.79 Å². The van der Waals surface area contributed by atoms with Crippen LogP contribution in [0.25, 0.3) is 5.57 Å². The Morgan fingerprint density at radius 1 is 1.39 bits per heavy atom. The van der Waals surface area contributed by atoms with E-state index in [4.69, 9.17) is 4.74 Å². The van der Waals surface area contributed by atoms with Gasteiger partial charge in [-0.1, -0.05) is 18.7 Å². The molecule has 0 aliphatic carbocycles. The number of hydrogen-bond donors (Lipinski definition) is 0. The van der Waals surface area contributed by atoms with E-state index in [2.05, 4.69) is 16.4 Å². The average Bonchev–Trinajstić information content (AvgIpc) is 2.35. The first-order valence-electron chi connectivity index (χ1n) is 5.73. The molecule has 1 rings (SSSR count). The van der Waals surface area contributed by atoms with Crippen LogP contribution in [0.4, 0.5) is 0 Å². The molecule has 4 nitrogen and oxygen atoms in total. The minimum atomic E-state index is -0.429. The highest BCUT2D eigenvalue weighted by Gasteiger charge is 2.09. The Balaban J connectivity index is 2.79. The third-order valence-corrected chi connectivity index (χ3v) is 2.34. The van der Waals surface area contributed by atoms with Gasteiger partial charge in [0.1, 0.15) is 5.75 Å². The molecule has 98 valence electrons. The molecule has 0 aliphatic heterocycles. The zero-order valence-electron chi connectivity index (χ0n) is 11.0. The second-order valence-electron chi connectivity index (χ2n) is 3.85. The van der Waals surface area contributed by atoms with Crippen molar-refractivity contribution in [2.24, 2.45) is 0 Å². The zero-order chi connectivity index (χ0) is 13.5. The summed E-state index contributed by atoms with van der Waals surface area (Å²) in [7, 11) is 1.59. The molecule has 4 heteroatoms. The maximum Gasteiger partial charge on any atom is 0.346 e. The maximum absolute atomic E-state index is 11.4. The van der Waals surface area contributed by atoms with Crippen LogP contribution in [0.3, 0.4) is 0 Å². The van der Waals surface area contributed by atoms with Crippen molar-refractivity contribution in [3.63, 3.8) is 0 Å². The van der Waals surface area contributed by atoms with Gasteiger partial charge in [-0.2, -0.15) is 4.89 Å². The van der Waals surface area contributed by atoms with Crippen molar-refractivity contribution >= 4 is 11.5 Å². The quantitative estimate of drug-likeness (QED) is 0.575. The Hall–Kier alpha value is -1.81. The lowest BCUT2D eigenvalue weighted by molar-refractivity contribution is -0.268. The fourth-order valence-corrected chi connectivity index (χ4v) is 1.52. The summed E-state index contributed by atoms with van der Waals surface area (Å²) in [6.45, 7) is 7.86. The first-order chi connectivity index (χ1) is 8.58. The Morgan fingerprint density at radius 3 is 2.67 bits per heavy atom. The minimum absolute atomic E-state index is 0.146. The number of ether oxygens (including phenoxy) is 1. The van der Waals surface area contributed by atoms with Crippen molar-refractivity contribution in [3.05, 3.63) is 35.9 Å². The van der Waals surface area contributed by atoms with Gasteiger partial charge in [0.25, 0.3) is 0 Å². The monoisotopic (exact) mass is 250 g/mol. The molecule has 0 heterocycles. The topological polar surface area (TPSA) is 44.8 Å². The van der Waals surface area contributed by atoms with Gasteiger partial charge in [-0.15, -0.1) is 0 Å². The van der Waals surface area contributed by atoms with Gasteiger partial charge in [0.15, 0.2) is 0 Å². The molecule has 18 heavy (non-hydrogen) atoms. The van der Waals surface area contributed by atoms with Crippen LogP contribution in [-0.2, 0) is 21.0 Å². The Bertz CT molecular complexity index is 437. The third kappa shape index (κ3) is 3.89. The number of hydrogen-bond acceptors (Lipinski definition) is 4. The lowest BCUT2D eigenvalue weighted by atomic mass is 10.0. The lowest BCUT2D eigenvalue weighted by Crippen LogP contribution is -2.08. The highest BCUT2D eigenvalue weighted by atomic mass is 17.2. The predicted octanol–water partition coefficient (Wildman–Crippen LogP) is 2.77. The summed E-state index contributed by atoms with van der Waals surface area (Å²) in [6, 6.07) is 5.53. The summed E-state index contributed by atoms with van der Waals surface area (Å²) in [4.78, 5) is 20.5. The number of benzene rings is 1. The molecule has 0 aliphatic rings. The summed E-state index contributed by atoms with van der Waals surface area (Å²) in [5.74, 6) is 0.270. The van der Waals surface area contributed by atoms with Crippen molar-refractivity contribution in [2.75, 3.05) is 13.7 Å². The molecule has 0 amide bonds. The Kier molecular flexibility index (Phi) is 5.39. The van der Waals surface area contributed by atoms with E-state index in [9.17, 15) is 4.79 Å². The molecule has 1 aromatic rings. The van der Waals surface area contributed by atoms with Crippen molar-refractivity contribution in [1.82, 2.24) is 0 Å². The highest BCUT2D eigenvalue weighted by molar-refractivity contribution is 5.73. The van der Waals surface area contributed by atoms with Crippen LogP contribution >= 0.6 is 0 Å². The molecule has 0 fully saturated rings. The van der Waals surface area contributed by atoms with Crippen LogP contribution in [0, 0.1) is 0 Å². The molecule has 0 N–H and O–H groups in total. The van der Waals surface area contributed by atoms with Crippen molar-refractivity contribution in [2.45, 2.75) is 20.3 Å². The normalized spacial score (nSPS) is 9.94. The van der Waals surface area contributed by atoms with E-state index in [1.54, 1.807) is 20.1 Å². The minimum Gasteiger partial charge on any atom is -0.496 e. The summed E-state index contributed by atoms with van der Waals surface area (Å²) in [5.41, 5.74) is 2.65. The second kappa shape index (κ2) is 6.81. The van der Waals surface area contributed by atoms with E-state index in [1.165, 1.54) is 0 Å². The van der Waals surface area contributed by atoms with Crippen LogP contribution in [0.5, 0.6) is 5.75 Å². The SMILES string of the molecule is C=C(C)c1ccc(CC(=O)OOCC)cc1OC.